The van der Waals surface area contributed by atoms with Gasteiger partial charge < -0.3 is 15.2 Å². The van der Waals surface area contributed by atoms with E-state index in [4.69, 9.17) is 9.84 Å². The Kier molecular flexibility index (Phi) is 4.92. The topological polar surface area (TPSA) is 75.6 Å². The maximum absolute atomic E-state index is 11.6. The molecule has 0 radical (unpaired) electrons. The number of hydrogen-bond acceptors (Lipinski definition) is 3. The Bertz CT molecular complexity index is 451. The molecular formula is C14H19NO4. The van der Waals surface area contributed by atoms with Gasteiger partial charge in [0.15, 0.2) is 0 Å². The first kappa shape index (κ1) is 15.0. The predicted molar refractivity (Wildman–Crippen MR) is 71.1 cm³/mol. The number of nitrogens with one attached hydrogen (secondary N) is 1. The Morgan fingerprint density at radius 2 is 1.84 bits per heavy atom. The van der Waals surface area contributed by atoms with Crippen LogP contribution < -0.4 is 10.1 Å². The van der Waals surface area contributed by atoms with E-state index in [0.29, 0.717) is 5.75 Å². The molecule has 0 unspecified atom stereocenters. The van der Waals surface area contributed by atoms with Crippen LogP contribution in [0.5, 0.6) is 5.75 Å². The van der Waals surface area contributed by atoms with E-state index in [0.717, 1.165) is 5.56 Å². The Morgan fingerprint density at radius 3 is 2.37 bits per heavy atom. The summed E-state index contributed by atoms with van der Waals surface area (Å²) in [5.41, 5.74) is -0.130. The molecule has 0 aromatic heterocycles. The molecule has 19 heavy (non-hydrogen) atoms. The minimum atomic E-state index is -1.26. The van der Waals surface area contributed by atoms with Crippen LogP contribution in [0.4, 0.5) is 0 Å². The second kappa shape index (κ2) is 6.22. The standard InChI is InChI=1S/C14H19NO4/c1-10-4-6-11(7-5-10)19-9-8-12(16)15-14(2,3)13(17)18/h4-7H,8-9H2,1-3H3,(H,15,16)(H,17,18). The van der Waals surface area contributed by atoms with E-state index in [1.165, 1.54) is 13.8 Å². The van der Waals surface area contributed by atoms with Crippen molar-refractivity contribution >= 4 is 11.9 Å². The van der Waals surface area contributed by atoms with Crippen LogP contribution in [0.25, 0.3) is 0 Å². The van der Waals surface area contributed by atoms with Gasteiger partial charge in [-0.25, -0.2) is 4.79 Å². The molecule has 1 amide bonds. The first-order chi connectivity index (χ1) is 8.81. The number of ether oxygens (including phenoxy) is 1. The van der Waals surface area contributed by atoms with Crippen molar-refractivity contribution < 1.29 is 19.4 Å². The molecule has 0 aliphatic heterocycles. The Balaban J connectivity index is 2.35. The number of carboxylic acids is 1. The molecule has 1 aromatic rings. The van der Waals surface area contributed by atoms with Gasteiger partial charge in [0.1, 0.15) is 11.3 Å². The van der Waals surface area contributed by atoms with Gasteiger partial charge >= 0.3 is 5.97 Å². The highest BCUT2D eigenvalue weighted by Crippen LogP contribution is 2.11. The van der Waals surface area contributed by atoms with E-state index >= 15 is 0 Å². The number of aliphatic carboxylic acids is 1. The summed E-state index contributed by atoms with van der Waals surface area (Å²) in [4.78, 5) is 22.4. The van der Waals surface area contributed by atoms with Crippen LogP contribution in [0, 0.1) is 6.92 Å². The largest absolute Gasteiger partial charge is 0.493 e. The van der Waals surface area contributed by atoms with E-state index in [9.17, 15) is 9.59 Å². The normalized spacial score (nSPS) is 10.9. The van der Waals surface area contributed by atoms with Crippen LogP contribution in [0.15, 0.2) is 24.3 Å². The molecule has 0 bridgehead atoms. The third-order valence-corrected chi connectivity index (χ3v) is 2.61. The van der Waals surface area contributed by atoms with Crippen molar-refractivity contribution in [2.75, 3.05) is 6.61 Å². The zero-order valence-corrected chi connectivity index (χ0v) is 11.4. The minimum absolute atomic E-state index is 0.116. The van der Waals surface area contributed by atoms with E-state index in [2.05, 4.69) is 5.32 Å². The molecule has 5 nitrogen and oxygen atoms in total. The van der Waals surface area contributed by atoms with Gasteiger partial charge in [-0.2, -0.15) is 0 Å². The van der Waals surface area contributed by atoms with Gasteiger partial charge in [-0.15, -0.1) is 0 Å². The molecule has 0 atom stereocenters. The monoisotopic (exact) mass is 265 g/mol. The summed E-state index contributed by atoms with van der Waals surface area (Å²) >= 11 is 0. The van der Waals surface area contributed by atoms with Crippen molar-refractivity contribution in [3.8, 4) is 5.75 Å². The maximum Gasteiger partial charge on any atom is 0.328 e. The number of benzene rings is 1. The predicted octanol–water partition coefficient (Wildman–Crippen LogP) is 1.74. The number of aryl methyl sites for hydroxylation is 1. The van der Waals surface area contributed by atoms with Crippen molar-refractivity contribution in [3.63, 3.8) is 0 Å². The lowest BCUT2D eigenvalue weighted by Crippen LogP contribution is -2.49. The van der Waals surface area contributed by atoms with Crippen LogP contribution in [0.2, 0.25) is 0 Å². The molecule has 1 aromatic carbocycles. The van der Waals surface area contributed by atoms with Gasteiger partial charge in [0.2, 0.25) is 5.91 Å². The lowest BCUT2D eigenvalue weighted by Gasteiger charge is -2.20. The summed E-state index contributed by atoms with van der Waals surface area (Å²) in [6.45, 7) is 5.07. The highest BCUT2D eigenvalue weighted by atomic mass is 16.5. The smallest absolute Gasteiger partial charge is 0.328 e. The third kappa shape index (κ3) is 4.99. The van der Waals surface area contributed by atoms with Gasteiger partial charge in [-0.3, -0.25) is 4.79 Å². The van der Waals surface area contributed by atoms with Crippen LogP contribution in [-0.4, -0.2) is 29.1 Å². The van der Waals surface area contributed by atoms with E-state index in [1.54, 1.807) is 0 Å². The Hall–Kier alpha value is -2.04. The lowest BCUT2D eigenvalue weighted by molar-refractivity contribution is -0.146. The molecule has 0 heterocycles. The molecule has 0 fully saturated rings. The van der Waals surface area contributed by atoms with E-state index in [1.807, 2.05) is 31.2 Å². The molecule has 1 rings (SSSR count). The second-order valence-electron chi connectivity index (χ2n) is 4.89. The highest BCUT2D eigenvalue weighted by molar-refractivity contribution is 5.86. The van der Waals surface area contributed by atoms with Crippen molar-refractivity contribution in [1.82, 2.24) is 5.32 Å². The Labute approximate surface area is 112 Å². The summed E-state index contributed by atoms with van der Waals surface area (Å²) in [7, 11) is 0. The van der Waals surface area contributed by atoms with E-state index in [-0.39, 0.29) is 18.9 Å². The summed E-state index contributed by atoms with van der Waals surface area (Å²) in [5, 5.41) is 11.3. The van der Waals surface area contributed by atoms with E-state index < -0.39 is 11.5 Å². The SMILES string of the molecule is Cc1ccc(OCCC(=O)NC(C)(C)C(=O)O)cc1. The summed E-state index contributed by atoms with van der Waals surface area (Å²) in [6, 6.07) is 7.49. The molecule has 0 aliphatic carbocycles. The molecular weight excluding hydrogens is 246 g/mol. The second-order valence-corrected chi connectivity index (χ2v) is 4.89. The molecule has 5 heteroatoms. The van der Waals surface area contributed by atoms with Gasteiger partial charge in [-0.1, -0.05) is 17.7 Å². The van der Waals surface area contributed by atoms with Crippen LogP contribution in [-0.2, 0) is 9.59 Å². The quantitative estimate of drug-likeness (QED) is 0.821. The fourth-order valence-electron chi connectivity index (χ4n) is 1.36. The number of carboxylic acid groups (broad SMARTS) is 1. The zero-order chi connectivity index (χ0) is 14.5. The maximum atomic E-state index is 11.6. The highest BCUT2D eigenvalue weighted by Gasteiger charge is 2.28. The molecule has 0 aliphatic rings. The van der Waals surface area contributed by atoms with Crippen molar-refractivity contribution in [2.45, 2.75) is 32.7 Å². The molecule has 104 valence electrons. The van der Waals surface area contributed by atoms with Crippen molar-refractivity contribution in [2.24, 2.45) is 0 Å². The molecule has 2 N–H and O–H groups in total. The Morgan fingerprint density at radius 1 is 1.26 bits per heavy atom. The lowest BCUT2D eigenvalue weighted by atomic mass is 10.1. The van der Waals surface area contributed by atoms with Gasteiger partial charge in [-0.05, 0) is 32.9 Å². The fourth-order valence-corrected chi connectivity index (χ4v) is 1.36. The minimum Gasteiger partial charge on any atom is -0.493 e. The zero-order valence-electron chi connectivity index (χ0n) is 11.4. The first-order valence-corrected chi connectivity index (χ1v) is 6.05. The average molecular weight is 265 g/mol. The van der Waals surface area contributed by atoms with Crippen LogP contribution in [0.1, 0.15) is 25.8 Å². The number of carbonyl (C=O) groups is 2. The molecule has 0 saturated carbocycles. The first-order valence-electron chi connectivity index (χ1n) is 6.05. The van der Waals surface area contributed by atoms with Gasteiger partial charge in [0.05, 0.1) is 13.0 Å². The van der Waals surface area contributed by atoms with Gasteiger partial charge in [0.25, 0.3) is 0 Å². The number of rotatable bonds is 6. The summed E-state index contributed by atoms with van der Waals surface area (Å²) < 4.78 is 5.40. The van der Waals surface area contributed by atoms with Crippen molar-refractivity contribution in [1.29, 1.82) is 0 Å². The van der Waals surface area contributed by atoms with Crippen LogP contribution >= 0.6 is 0 Å². The third-order valence-electron chi connectivity index (χ3n) is 2.61. The van der Waals surface area contributed by atoms with Crippen LogP contribution in [0.3, 0.4) is 0 Å². The molecule has 0 saturated heterocycles. The van der Waals surface area contributed by atoms with Gasteiger partial charge in [0, 0.05) is 0 Å². The number of amides is 1. The number of carbonyl (C=O) groups excluding carboxylic acids is 1. The number of hydrogen-bond donors (Lipinski definition) is 2. The van der Waals surface area contributed by atoms with Crippen molar-refractivity contribution in [3.05, 3.63) is 29.8 Å². The fraction of sp³-hybridized carbons (Fsp3) is 0.429. The summed E-state index contributed by atoms with van der Waals surface area (Å²) in [6.07, 6.45) is 0.116. The average Bonchev–Trinajstić information content (AvgIpc) is 2.31. The molecule has 0 spiro atoms. The summed E-state index contributed by atoms with van der Waals surface area (Å²) in [5.74, 6) is -0.726.